The number of thiocarbonyl (C=S) groups is 1. The zero-order valence-corrected chi connectivity index (χ0v) is 18.1. The van der Waals surface area contributed by atoms with Crippen LogP contribution in [0.5, 0.6) is 0 Å². The third-order valence-corrected chi connectivity index (χ3v) is 6.21. The fraction of sp³-hybridized carbons (Fsp3) is 0.280. The minimum absolute atomic E-state index is 0.173. The second-order valence-electron chi connectivity index (χ2n) is 8.03. The van der Waals surface area contributed by atoms with Crippen molar-refractivity contribution in [2.45, 2.75) is 38.0 Å². The number of hydrogen-bond acceptors (Lipinski definition) is 3. The lowest BCUT2D eigenvalue weighted by Gasteiger charge is -2.30. The van der Waals surface area contributed by atoms with E-state index in [1.54, 1.807) is 6.20 Å². The SMILES string of the molecule is Cc1ccccc1Nc1ccc(NC(=S)NCC2(c3ccccc3)CCCC2)cn1. The first-order valence-electron chi connectivity index (χ1n) is 10.5. The third-order valence-electron chi connectivity index (χ3n) is 5.96. The number of aromatic nitrogens is 1. The Morgan fingerprint density at radius 3 is 2.40 bits per heavy atom. The Bertz CT molecular complexity index is 980. The summed E-state index contributed by atoms with van der Waals surface area (Å²) < 4.78 is 0. The molecule has 0 radical (unpaired) electrons. The molecule has 1 aliphatic rings. The van der Waals surface area contributed by atoms with Gasteiger partial charge in [-0.15, -0.1) is 0 Å². The van der Waals surface area contributed by atoms with Crippen LogP contribution in [0.25, 0.3) is 0 Å². The summed E-state index contributed by atoms with van der Waals surface area (Å²) in [4.78, 5) is 4.51. The Balaban J connectivity index is 1.34. The molecular formula is C25H28N4S. The van der Waals surface area contributed by atoms with E-state index in [0.29, 0.717) is 5.11 Å². The molecule has 0 atom stereocenters. The van der Waals surface area contributed by atoms with E-state index >= 15 is 0 Å². The molecule has 30 heavy (non-hydrogen) atoms. The highest BCUT2D eigenvalue weighted by Crippen LogP contribution is 2.40. The molecule has 2 aromatic carbocycles. The number of anilines is 3. The molecule has 0 saturated heterocycles. The van der Waals surface area contributed by atoms with Crippen molar-refractivity contribution in [2.24, 2.45) is 0 Å². The first kappa shape index (κ1) is 20.4. The Morgan fingerprint density at radius 2 is 1.70 bits per heavy atom. The van der Waals surface area contributed by atoms with Gasteiger partial charge in [0.1, 0.15) is 5.82 Å². The summed E-state index contributed by atoms with van der Waals surface area (Å²) in [6.45, 7) is 2.93. The van der Waals surface area contributed by atoms with Gasteiger partial charge < -0.3 is 16.0 Å². The first-order valence-corrected chi connectivity index (χ1v) is 10.9. The normalized spacial score (nSPS) is 14.8. The largest absolute Gasteiger partial charge is 0.362 e. The van der Waals surface area contributed by atoms with E-state index in [0.717, 1.165) is 23.7 Å². The number of rotatable bonds is 6. The van der Waals surface area contributed by atoms with Crippen LogP contribution in [0.4, 0.5) is 17.2 Å². The maximum Gasteiger partial charge on any atom is 0.170 e. The van der Waals surface area contributed by atoms with Crippen molar-refractivity contribution in [3.05, 3.63) is 84.1 Å². The van der Waals surface area contributed by atoms with Crippen LogP contribution in [0.1, 0.15) is 36.8 Å². The Hall–Kier alpha value is -2.92. The van der Waals surface area contributed by atoms with E-state index in [1.807, 2.05) is 30.3 Å². The van der Waals surface area contributed by atoms with Crippen molar-refractivity contribution < 1.29 is 0 Å². The highest BCUT2D eigenvalue weighted by molar-refractivity contribution is 7.80. The number of benzene rings is 2. The maximum absolute atomic E-state index is 5.56. The molecule has 0 bridgehead atoms. The van der Waals surface area contributed by atoms with Gasteiger partial charge in [-0.05, 0) is 61.3 Å². The van der Waals surface area contributed by atoms with E-state index in [-0.39, 0.29) is 5.41 Å². The molecule has 1 aliphatic carbocycles. The third kappa shape index (κ3) is 4.79. The van der Waals surface area contributed by atoms with Crippen molar-refractivity contribution in [3.8, 4) is 0 Å². The Kier molecular flexibility index (Phi) is 6.29. The van der Waals surface area contributed by atoms with Crippen LogP contribution in [0.15, 0.2) is 72.9 Å². The standard InChI is InChI=1S/C25H28N4S/c1-19-9-5-6-12-22(19)29-23-14-13-21(17-26-23)28-24(30)27-18-25(15-7-8-16-25)20-10-3-2-4-11-20/h2-6,9-14,17H,7-8,15-16,18H2,1H3,(H,26,29)(H2,27,28,30). The summed E-state index contributed by atoms with van der Waals surface area (Å²) in [6, 6.07) is 22.9. The molecule has 4 nitrogen and oxygen atoms in total. The van der Waals surface area contributed by atoms with Crippen LogP contribution in [0.2, 0.25) is 0 Å². The van der Waals surface area contributed by atoms with E-state index in [9.17, 15) is 0 Å². The van der Waals surface area contributed by atoms with Gasteiger partial charge in [0.2, 0.25) is 0 Å². The molecule has 3 N–H and O–H groups in total. The number of nitrogens with zero attached hydrogens (tertiary/aromatic N) is 1. The van der Waals surface area contributed by atoms with Crippen molar-refractivity contribution in [1.82, 2.24) is 10.3 Å². The number of nitrogens with one attached hydrogen (secondary N) is 3. The fourth-order valence-corrected chi connectivity index (χ4v) is 4.42. The highest BCUT2D eigenvalue weighted by Gasteiger charge is 2.35. The number of hydrogen-bond donors (Lipinski definition) is 3. The summed E-state index contributed by atoms with van der Waals surface area (Å²) in [5, 5.41) is 10.7. The van der Waals surface area contributed by atoms with Crippen LogP contribution in [-0.2, 0) is 5.41 Å². The lowest BCUT2D eigenvalue weighted by molar-refractivity contribution is 0.435. The van der Waals surface area contributed by atoms with Crippen molar-refractivity contribution in [1.29, 1.82) is 0 Å². The number of pyridine rings is 1. The Labute approximate surface area is 184 Å². The van der Waals surface area contributed by atoms with Crippen LogP contribution >= 0.6 is 12.2 Å². The molecular weight excluding hydrogens is 388 g/mol. The lowest BCUT2D eigenvalue weighted by Crippen LogP contribution is -2.40. The molecule has 1 saturated carbocycles. The highest BCUT2D eigenvalue weighted by atomic mass is 32.1. The monoisotopic (exact) mass is 416 g/mol. The average Bonchev–Trinajstić information content (AvgIpc) is 3.26. The van der Waals surface area contributed by atoms with E-state index < -0.39 is 0 Å². The molecule has 3 aromatic rings. The van der Waals surface area contributed by atoms with Crippen LogP contribution in [0, 0.1) is 6.92 Å². The average molecular weight is 417 g/mol. The van der Waals surface area contributed by atoms with Gasteiger partial charge in [-0.3, -0.25) is 0 Å². The summed E-state index contributed by atoms with van der Waals surface area (Å²) in [5.41, 5.74) is 4.71. The molecule has 0 spiro atoms. The summed E-state index contributed by atoms with van der Waals surface area (Å²) in [7, 11) is 0. The minimum atomic E-state index is 0.173. The molecule has 0 aliphatic heterocycles. The van der Waals surface area contributed by atoms with Gasteiger partial charge in [-0.2, -0.15) is 0 Å². The van der Waals surface area contributed by atoms with Gasteiger partial charge in [0.15, 0.2) is 5.11 Å². The molecule has 1 aromatic heterocycles. The molecule has 0 amide bonds. The fourth-order valence-electron chi connectivity index (χ4n) is 4.23. The number of para-hydroxylation sites is 1. The van der Waals surface area contributed by atoms with Crippen molar-refractivity contribution >= 4 is 34.5 Å². The topological polar surface area (TPSA) is 49.0 Å². The first-order chi connectivity index (χ1) is 14.6. The van der Waals surface area contributed by atoms with Gasteiger partial charge in [0.05, 0.1) is 11.9 Å². The predicted octanol–water partition coefficient (Wildman–Crippen LogP) is 5.93. The summed E-state index contributed by atoms with van der Waals surface area (Å²) in [5.74, 6) is 0.808. The summed E-state index contributed by atoms with van der Waals surface area (Å²) >= 11 is 5.56. The van der Waals surface area contributed by atoms with Crippen molar-refractivity contribution in [2.75, 3.05) is 17.2 Å². The van der Waals surface area contributed by atoms with Gasteiger partial charge in [0, 0.05) is 17.6 Å². The smallest absolute Gasteiger partial charge is 0.170 e. The molecule has 1 fully saturated rings. The van der Waals surface area contributed by atoms with E-state index in [2.05, 4.69) is 64.3 Å². The zero-order chi connectivity index (χ0) is 20.8. The maximum atomic E-state index is 5.56. The summed E-state index contributed by atoms with van der Waals surface area (Å²) in [6.07, 6.45) is 6.75. The second kappa shape index (κ2) is 9.26. The molecule has 5 heteroatoms. The minimum Gasteiger partial charge on any atom is -0.362 e. The lowest BCUT2D eigenvalue weighted by atomic mass is 9.79. The van der Waals surface area contributed by atoms with Crippen molar-refractivity contribution in [3.63, 3.8) is 0 Å². The number of aryl methyl sites for hydroxylation is 1. The van der Waals surface area contributed by atoms with Gasteiger partial charge >= 0.3 is 0 Å². The van der Waals surface area contributed by atoms with Crippen LogP contribution < -0.4 is 16.0 Å². The van der Waals surface area contributed by atoms with Gasteiger partial charge in [-0.1, -0.05) is 61.4 Å². The molecule has 1 heterocycles. The molecule has 0 unspecified atom stereocenters. The predicted molar refractivity (Wildman–Crippen MR) is 130 cm³/mol. The molecule has 154 valence electrons. The van der Waals surface area contributed by atoms with Crippen LogP contribution in [-0.4, -0.2) is 16.6 Å². The quantitative estimate of drug-likeness (QED) is 0.435. The zero-order valence-electron chi connectivity index (χ0n) is 17.3. The van der Waals surface area contributed by atoms with Gasteiger partial charge in [0.25, 0.3) is 0 Å². The Morgan fingerprint density at radius 1 is 0.967 bits per heavy atom. The van der Waals surface area contributed by atoms with Crippen LogP contribution in [0.3, 0.4) is 0 Å². The van der Waals surface area contributed by atoms with Gasteiger partial charge in [-0.25, -0.2) is 4.98 Å². The second-order valence-corrected chi connectivity index (χ2v) is 8.44. The molecule has 4 rings (SSSR count). The van der Waals surface area contributed by atoms with E-state index in [4.69, 9.17) is 12.2 Å². The van der Waals surface area contributed by atoms with E-state index in [1.165, 1.54) is 36.8 Å².